The highest BCUT2D eigenvalue weighted by Gasteiger charge is 2.11. The van der Waals surface area contributed by atoms with E-state index in [9.17, 15) is 18.0 Å². The van der Waals surface area contributed by atoms with Crippen LogP contribution in [0.4, 0.5) is 5.69 Å². The number of carbonyl (C=O) groups is 2. The monoisotopic (exact) mass is 319 g/mol. The van der Waals surface area contributed by atoms with Gasteiger partial charge in [0.25, 0.3) is 0 Å². The summed E-state index contributed by atoms with van der Waals surface area (Å²) in [5, 5.41) is 11.3. The molecule has 0 heterocycles. The smallest absolute Gasteiger partial charge is 0.337 e. The maximum absolute atomic E-state index is 11.6. The summed E-state index contributed by atoms with van der Waals surface area (Å²) in [6, 6.07) is 4.04. The fourth-order valence-electron chi connectivity index (χ4n) is 1.48. The van der Waals surface area contributed by atoms with Crippen LogP contribution in [-0.4, -0.2) is 37.4 Å². The molecule has 0 unspecified atom stereocenters. The number of benzene rings is 1. The van der Waals surface area contributed by atoms with Crippen LogP contribution in [0.1, 0.15) is 23.2 Å². The van der Waals surface area contributed by atoms with Crippen molar-refractivity contribution in [1.82, 2.24) is 0 Å². The molecule has 6 nitrogen and oxygen atoms in total. The summed E-state index contributed by atoms with van der Waals surface area (Å²) in [7, 11) is -3.08. The lowest BCUT2D eigenvalue weighted by molar-refractivity contribution is -0.116. The number of aromatic carboxylic acids is 1. The van der Waals surface area contributed by atoms with Gasteiger partial charge in [-0.05, 0) is 24.6 Å². The van der Waals surface area contributed by atoms with Crippen molar-refractivity contribution in [3.63, 3.8) is 0 Å². The number of hydrogen-bond acceptors (Lipinski definition) is 4. The minimum atomic E-state index is -3.08. The van der Waals surface area contributed by atoms with Crippen LogP contribution in [-0.2, 0) is 14.6 Å². The van der Waals surface area contributed by atoms with Gasteiger partial charge in [0.05, 0.1) is 16.3 Å². The Balaban J connectivity index is 2.59. The number of carboxylic acids is 1. The lowest BCUT2D eigenvalue weighted by atomic mass is 10.2. The van der Waals surface area contributed by atoms with Crippen LogP contribution in [0.5, 0.6) is 0 Å². The third kappa shape index (κ3) is 5.58. The van der Waals surface area contributed by atoms with Gasteiger partial charge in [-0.2, -0.15) is 0 Å². The van der Waals surface area contributed by atoms with Crippen molar-refractivity contribution in [3.05, 3.63) is 28.8 Å². The molecule has 20 heavy (non-hydrogen) atoms. The summed E-state index contributed by atoms with van der Waals surface area (Å²) >= 11 is 5.76. The topological polar surface area (TPSA) is 101 Å². The summed E-state index contributed by atoms with van der Waals surface area (Å²) in [4.78, 5) is 22.3. The van der Waals surface area contributed by atoms with Gasteiger partial charge in [0.1, 0.15) is 9.84 Å². The highest BCUT2D eigenvalue weighted by Crippen LogP contribution is 2.21. The molecule has 0 aliphatic heterocycles. The summed E-state index contributed by atoms with van der Waals surface area (Å²) in [6.07, 6.45) is 1.40. The molecule has 0 spiro atoms. The first-order valence-electron chi connectivity index (χ1n) is 5.69. The predicted molar refractivity (Wildman–Crippen MR) is 76.0 cm³/mol. The van der Waals surface area contributed by atoms with Crippen LogP contribution in [0.25, 0.3) is 0 Å². The minimum absolute atomic E-state index is 0.0198. The van der Waals surface area contributed by atoms with E-state index in [1.54, 1.807) is 0 Å². The van der Waals surface area contributed by atoms with Crippen molar-refractivity contribution in [2.45, 2.75) is 12.8 Å². The highest BCUT2D eigenvalue weighted by atomic mass is 35.5. The Kier molecular flexibility index (Phi) is 5.52. The van der Waals surface area contributed by atoms with Gasteiger partial charge in [-0.3, -0.25) is 4.79 Å². The highest BCUT2D eigenvalue weighted by molar-refractivity contribution is 7.90. The minimum Gasteiger partial charge on any atom is -0.478 e. The van der Waals surface area contributed by atoms with Gasteiger partial charge in [0.2, 0.25) is 5.91 Å². The molecule has 0 aliphatic carbocycles. The third-order valence-electron chi connectivity index (χ3n) is 2.40. The van der Waals surface area contributed by atoms with E-state index in [4.69, 9.17) is 16.7 Å². The van der Waals surface area contributed by atoms with Crippen molar-refractivity contribution in [2.75, 3.05) is 17.3 Å². The number of anilines is 1. The number of rotatable bonds is 6. The molecule has 1 aromatic carbocycles. The number of hydrogen-bond donors (Lipinski definition) is 2. The van der Waals surface area contributed by atoms with E-state index in [0.717, 1.165) is 6.26 Å². The second kappa shape index (κ2) is 6.71. The van der Waals surface area contributed by atoms with E-state index >= 15 is 0 Å². The third-order valence-corrected chi connectivity index (χ3v) is 3.75. The molecule has 0 saturated heterocycles. The zero-order valence-electron chi connectivity index (χ0n) is 10.7. The Labute approximate surface area is 121 Å². The molecule has 1 amide bonds. The maximum Gasteiger partial charge on any atom is 0.337 e. The Morgan fingerprint density at radius 1 is 1.35 bits per heavy atom. The number of sulfone groups is 1. The molecule has 1 aromatic rings. The number of carboxylic acid groups (broad SMARTS) is 1. The van der Waals surface area contributed by atoms with Crippen molar-refractivity contribution in [1.29, 1.82) is 0 Å². The van der Waals surface area contributed by atoms with E-state index in [2.05, 4.69) is 5.32 Å². The second-order valence-electron chi connectivity index (χ2n) is 4.28. The normalized spacial score (nSPS) is 11.1. The van der Waals surface area contributed by atoms with Gasteiger partial charge < -0.3 is 10.4 Å². The van der Waals surface area contributed by atoms with Crippen LogP contribution in [0, 0.1) is 0 Å². The van der Waals surface area contributed by atoms with E-state index in [1.807, 2.05) is 0 Å². The average molecular weight is 320 g/mol. The molecule has 2 N–H and O–H groups in total. The van der Waals surface area contributed by atoms with Gasteiger partial charge in [0, 0.05) is 18.4 Å². The van der Waals surface area contributed by atoms with E-state index < -0.39 is 15.8 Å². The molecule has 0 bridgehead atoms. The first kappa shape index (κ1) is 16.5. The number of amides is 1. The maximum atomic E-state index is 11.6. The molecule has 0 fully saturated rings. The van der Waals surface area contributed by atoms with Crippen LogP contribution >= 0.6 is 11.6 Å². The summed E-state index contributed by atoms with van der Waals surface area (Å²) in [6.45, 7) is 0. The Morgan fingerprint density at radius 3 is 2.50 bits per heavy atom. The molecular weight excluding hydrogens is 306 g/mol. The van der Waals surface area contributed by atoms with Crippen molar-refractivity contribution in [2.24, 2.45) is 0 Å². The standard InChI is InChI=1S/C12H14ClNO5S/c1-20(18,19)6-2-3-11(15)14-8-4-5-9(12(16)17)10(13)7-8/h4-5,7H,2-3,6H2,1H3,(H,14,15)(H,16,17). The van der Waals surface area contributed by atoms with Crippen LogP contribution in [0.3, 0.4) is 0 Å². The molecule has 110 valence electrons. The van der Waals surface area contributed by atoms with Gasteiger partial charge in [-0.25, -0.2) is 13.2 Å². The van der Waals surface area contributed by atoms with Crippen molar-refractivity contribution in [3.8, 4) is 0 Å². The first-order valence-corrected chi connectivity index (χ1v) is 8.13. The first-order chi connectivity index (χ1) is 9.19. The zero-order valence-corrected chi connectivity index (χ0v) is 12.3. The van der Waals surface area contributed by atoms with Crippen molar-refractivity contribution < 1.29 is 23.1 Å². The van der Waals surface area contributed by atoms with E-state index in [0.29, 0.717) is 5.69 Å². The predicted octanol–water partition coefficient (Wildman–Crippen LogP) is 1.80. The molecule has 0 radical (unpaired) electrons. The number of halogens is 1. The fraction of sp³-hybridized carbons (Fsp3) is 0.333. The van der Waals surface area contributed by atoms with Gasteiger partial charge in [0.15, 0.2) is 0 Å². The quantitative estimate of drug-likeness (QED) is 0.832. The fourth-order valence-corrected chi connectivity index (χ4v) is 2.41. The van der Waals surface area contributed by atoms with E-state index in [-0.39, 0.29) is 35.1 Å². The Bertz CT molecular complexity index is 627. The molecule has 0 atom stereocenters. The number of nitrogens with one attached hydrogen (secondary N) is 1. The van der Waals surface area contributed by atoms with Crippen LogP contribution in [0.2, 0.25) is 5.02 Å². The molecule has 1 rings (SSSR count). The van der Waals surface area contributed by atoms with Crippen LogP contribution in [0.15, 0.2) is 18.2 Å². The lowest BCUT2D eigenvalue weighted by Gasteiger charge is -2.06. The molecular formula is C12H14ClNO5S. The van der Waals surface area contributed by atoms with Gasteiger partial charge in [-0.15, -0.1) is 0 Å². The largest absolute Gasteiger partial charge is 0.478 e. The van der Waals surface area contributed by atoms with Gasteiger partial charge in [-0.1, -0.05) is 11.6 Å². The molecule has 8 heteroatoms. The molecule has 0 saturated carbocycles. The zero-order chi connectivity index (χ0) is 15.3. The van der Waals surface area contributed by atoms with E-state index in [1.165, 1.54) is 18.2 Å². The summed E-state index contributed by atoms with van der Waals surface area (Å²) in [5.74, 6) is -1.56. The average Bonchev–Trinajstić information content (AvgIpc) is 2.26. The van der Waals surface area contributed by atoms with Crippen molar-refractivity contribution >= 4 is 39.0 Å². The lowest BCUT2D eigenvalue weighted by Crippen LogP contribution is -2.13. The Morgan fingerprint density at radius 2 is 2.00 bits per heavy atom. The van der Waals surface area contributed by atoms with Gasteiger partial charge >= 0.3 is 5.97 Å². The summed E-state index contributed by atoms with van der Waals surface area (Å²) < 4.78 is 21.8. The summed E-state index contributed by atoms with van der Waals surface area (Å²) in [5.41, 5.74) is 0.311. The number of carbonyl (C=O) groups excluding carboxylic acids is 1. The second-order valence-corrected chi connectivity index (χ2v) is 6.95. The molecule has 0 aromatic heterocycles. The van der Waals surface area contributed by atoms with Crippen LogP contribution < -0.4 is 5.32 Å². The SMILES string of the molecule is CS(=O)(=O)CCCC(=O)Nc1ccc(C(=O)O)c(Cl)c1. The molecule has 0 aliphatic rings. The Hall–Kier alpha value is -1.60.